The zero-order valence-electron chi connectivity index (χ0n) is 17.0. The Bertz CT molecular complexity index is 974. The van der Waals surface area contributed by atoms with E-state index in [-0.39, 0.29) is 11.9 Å². The van der Waals surface area contributed by atoms with Gasteiger partial charge in [0, 0.05) is 40.8 Å². The second-order valence-electron chi connectivity index (χ2n) is 8.08. The number of fused-ring (bicyclic) bond motifs is 1. The van der Waals surface area contributed by atoms with Crippen molar-refractivity contribution in [3.8, 4) is 0 Å². The minimum Gasteiger partial charge on any atom is -0.372 e. The minimum atomic E-state index is 0.0564. The van der Waals surface area contributed by atoms with Gasteiger partial charge in [-0.25, -0.2) is 0 Å². The van der Waals surface area contributed by atoms with E-state index in [1.165, 1.54) is 40.3 Å². The molecule has 0 saturated carbocycles. The van der Waals surface area contributed by atoms with Crippen molar-refractivity contribution >= 4 is 40.0 Å². The summed E-state index contributed by atoms with van der Waals surface area (Å²) in [5.41, 5.74) is 3.50. The number of thiophene rings is 2. The van der Waals surface area contributed by atoms with Crippen LogP contribution in [-0.4, -0.2) is 37.0 Å². The molecule has 1 fully saturated rings. The Morgan fingerprint density at radius 1 is 0.967 bits per heavy atom. The van der Waals surface area contributed by atoms with Crippen molar-refractivity contribution in [2.24, 2.45) is 0 Å². The summed E-state index contributed by atoms with van der Waals surface area (Å²) in [6.07, 6.45) is 4.89. The Hall–Kier alpha value is -2.15. The molecule has 0 aliphatic carbocycles. The lowest BCUT2D eigenvalue weighted by atomic mass is 9.98. The van der Waals surface area contributed by atoms with Gasteiger partial charge in [0.2, 0.25) is 5.91 Å². The number of carbonyl (C=O) groups is 1. The molecule has 2 aliphatic rings. The van der Waals surface area contributed by atoms with E-state index in [9.17, 15) is 4.79 Å². The molecule has 5 rings (SSSR count). The van der Waals surface area contributed by atoms with Gasteiger partial charge >= 0.3 is 0 Å². The zero-order chi connectivity index (χ0) is 20.3. The van der Waals surface area contributed by atoms with E-state index in [0.29, 0.717) is 6.54 Å². The lowest BCUT2D eigenvalue weighted by Crippen LogP contribution is -2.40. The summed E-state index contributed by atoms with van der Waals surface area (Å²) >= 11 is 3.61. The van der Waals surface area contributed by atoms with E-state index in [4.69, 9.17) is 0 Å². The molecule has 0 bridgehead atoms. The van der Waals surface area contributed by atoms with Crippen LogP contribution in [0.15, 0.2) is 53.2 Å². The number of hydrogen-bond donors (Lipinski definition) is 1. The Balaban J connectivity index is 1.26. The maximum atomic E-state index is 12.9. The molecular weight excluding hydrogens is 410 g/mol. The SMILES string of the molecule is O=C(CN1CCc2sccc2[C@H]1c1cccs1)Nc1ccc(N2CCCCC2)cc1. The summed E-state index contributed by atoms with van der Waals surface area (Å²) in [5, 5.41) is 7.41. The third kappa shape index (κ3) is 4.17. The number of benzene rings is 1. The van der Waals surface area contributed by atoms with Crippen molar-refractivity contribution in [2.75, 3.05) is 36.4 Å². The highest BCUT2D eigenvalue weighted by Gasteiger charge is 2.31. The maximum Gasteiger partial charge on any atom is 0.238 e. The van der Waals surface area contributed by atoms with Crippen LogP contribution in [0, 0.1) is 0 Å². The maximum absolute atomic E-state index is 12.9. The average molecular weight is 438 g/mol. The Labute approximate surface area is 186 Å². The summed E-state index contributed by atoms with van der Waals surface area (Å²) in [5.74, 6) is 0.0564. The molecule has 1 amide bonds. The van der Waals surface area contributed by atoms with Gasteiger partial charge in [0.05, 0.1) is 12.6 Å². The smallest absolute Gasteiger partial charge is 0.238 e. The Morgan fingerprint density at radius 3 is 2.57 bits per heavy atom. The topological polar surface area (TPSA) is 35.6 Å². The van der Waals surface area contributed by atoms with Crippen molar-refractivity contribution in [2.45, 2.75) is 31.7 Å². The molecule has 2 aromatic heterocycles. The van der Waals surface area contributed by atoms with E-state index in [0.717, 1.165) is 31.7 Å². The van der Waals surface area contributed by atoms with Crippen molar-refractivity contribution < 1.29 is 4.79 Å². The summed E-state index contributed by atoms with van der Waals surface area (Å²) in [4.78, 5) is 20.4. The lowest BCUT2D eigenvalue weighted by Gasteiger charge is -2.34. The summed E-state index contributed by atoms with van der Waals surface area (Å²) in [7, 11) is 0. The van der Waals surface area contributed by atoms with Crippen LogP contribution >= 0.6 is 22.7 Å². The Morgan fingerprint density at radius 2 is 1.80 bits per heavy atom. The van der Waals surface area contributed by atoms with Crippen LogP contribution in [-0.2, 0) is 11.2 Å². The van der Waals surface area contributed by atoms with Gasteiger partial charge in [-0.15, -0.1) is 22.7 Å². The van der Waals surface area contributed by atoms with Crippen molar-refractivity contribution in [3.05, 3.63) is 68.5 Å². The number of anilines is 2. The first kappa shape index (κ1) is 19.8. The number of piperidine rings is 1. The number of nitrogens with zero attached hydrogens (tertiary/aromatic N) is 2. The van der Waals surface area contributed by atoms with E-state index in [1.54, 1.807) is 11.3 Å². The number of rotatable bonds is 5. The fraction of sp³-hybridized carbons (Fsp3) is 0.375. The largest absolute Gasteiger partial charge is 0.372 e. The van der Waals surface area contributed by atoms with E-state index >= 15 is 0 Å². The molecule has 2 aliphatic heterocycles. The lowest BCUT2D eigenvalue weighted by molar-refractivity contribution is -0.117. The molecule has 4 heterocycles. The standard InChI is InChI=1S/C24H27N3OS2/c28-23(25-18-6-8-19(9-7-18)26-12-2-1-3-13-26)17-27-14-10-21-20(11-16-30-21)24(27)22-5-4-15-29-22/h4-9,11,15-16,24H,1-3,10,12-14,17H2,(H,25,28)/t24-/m0/s1. The number of amides is 1. The number of carbonyl (C=O) groups excluding carboxylic acids is 1. The van der Waals surface area contributed by atoms with Crippen LogP contribution in [0.2, 0.25) is 0 Å². The number of nitrogens with one attached hydrogen (secondary N) is 1. The van der Waals surface area contributed by atoms with Gasteiger partial charge in [0.25, 0.3) is 0 Å². The quantitative estimate of drug-likeness (QED) is 0.582. The van der Waals surface area contributed by atoms with Crippen molar-refractivity contribution in [3.63, 3.8) is 0 Å². The van der Waals surface area contributed by atoms with Crippen LogP contribution in [0.25, 0.3) is 0 Å². The van der Waals surface area contributed by atoms with Crippen molar-refractivity contribution in [1.29, 1.82) is 0 Å². The van der Waals surface area contributed by atoms with Crippen LogP contribution in [0.5, 0.6) is 0 Å². The van der Waals surface area contributed by atoms with Gasteiger partial charge in [0.1, 0.15) is 0 Å². The molecule has 0 spiro atoms. The summed E-state index contributed by atoms with van der Waals surface area (Å²) < 4.78 is 0. The van der Waals surface area contributed by atoms with Gasteiger partial charge in [-0.1, -0.05) is 6.07 Å². The first-order valence-corrected chi connectivity index (χ1v) is 12.5. The van der Waals surface area contributed by atoms with E-state index in [1.807, 2.05) is 23.5 Å². The molecular formula is C24H27N3OS2. The van der Waals surface area contributed by atoms with E-state index < -0.39 is 0 Å². The summed E-state index contributed by atoms with van der Waals surface area (Å²) in [6.45, 7) is 3.59. The van der Waals surface area contributed by atoms with Crippen LogP contribution < -0.4 is 10.2 Å². The normalized spacial score (nSPS) is 19.5. The van der Waals surface area contributed by atoms with Gasteiger partial charge in [0.15, 0.2) is 0 Å². The Kier molecular flexibility index (Phi) is 5.88. The van der Waals surface area contributed by atoms with Crippen LogP contribution in [0.3, 0.4) is 0 Å². The number of hydrogen-bond acceptors (Lipinski definition) is 5. The van der Waals surface area contributed by atoms with E-state index in [2.05, 4.69) is 56.2 Å². The fourth-order valence-electron chi connectivity index (χ4n) is 4.61. The first-order valence-electron chi connectivity index (χ1n) is 10.8. The predicted molar refractivity (Wildman–Crippen MR) is 127 cm³/mol. The van der Waals surface area contributed by atoms with Gasteiger partial charge in [-0.3, -0.25) is 9.69 Å². The van der Waals surface area contributed by atoms with Crippen molar-refractivity contribution in [1.82, 2.24) is 4.90 Å². The summed E-state index contributed by atoms with van der Waals surface area (Å²) in [6, 6.07) is 15.0. The van der Waals surface area contributed by atoms with Gasteiger partial charge in [-0.2, -0.15) is 0 Å². The molecule has 1 atom stereocenters. The molecule has 1 aromatic carbocycles. The highest BCUT2D eigenvalue weighted by atomic mass is 32.1. The first-order chi connectivity index (χ1) is 14.8. The molecule has 0 radical (unpaired) electrons. The van der Waals surface area contributed by atoms with Crippen LogP contribution in [0.4, 0.5) is 11.4 Å². The molecule has 1 saturated heterocycles. The second-order valence-corrected chi connectivity index (χ2v) is 10.1. The molecule has 3 aromatic rings. The highest BCUT2D eigenvalue weighted by Crippen LogP contribution is 2.39. The molecule has 4 nitrogen and oxygen atoms in total. The predicted octanol–water partition coefficient (Wildman–Crippen LogP) is 5.39. The minimum absolute atomic E-state index is 0.0564. The highest BCUT2D eigenvalue weighted by molar-refractivity contribution is 7.10. The second kappa shape index (κ2) is 8.92. The fourth-order valence-corrected chi connectivity index (χ4v) is 6.39. The zero-order valence-corrected chi connectivity index (χ0v) is 18.7. The average Bonchev–Trinajstić information content (AvgIpc) is 3.47. The molecule has 0 unspecified atom stereocenters. The third-order valence-electron chi connectivity index (χ3n) is 6.10. The molecule has 1 N–H and O–H groups in total. The molecule has 156 valence electrons. The third-order valence-corrected chi connectivity index (χ3v) is 8.02. The molecule has 30 heavy (non-hydrogen) atoms. The van der Waals surface area contributed by atoms with Crippen LogP contribution in [0.1, 0.15) is 40.6 Å². The molecule has 6 heteroatoms. The van der Waals surface area contributed by atoms with Gasteiger partial charge < -0.3 is 10.2 Å². The monoisotopic (exact) mass is 437 g/mol. The van der Waals surface area contributed by atoms with Gasteiger partial charge in [-0.05, 0) is 78.4 Å².